The Labute approximate surface area is 175 Å². The second-order valence-corrected chi connectivity index (χ2v) is 5.72. The smallest absolute Gasteiger partial charge is 0 e. The predicted molar refractivity (Wildman–Crippen MR) is 88.8 cm³/mol. The molecule has 0 N–H and O–H groups in total. The summed E-state index contributed by atoms with van der Waals surface area (Å²) in [5, 5.41) is 0. The summed E-state index contributed by atoms with van der Waals surface area (Å²) < 4.78 is 0. The molecule has 0 heterocycles. The molecule has 0 bridgehead atoms. The molecule has 2 aromatic rings. The second-order valence-electron chi connectivity index (χ2n) is 5.72. The maximum absolute atomic E-state index is 3.69. The normalized spacial score (nSPS) is 17.0. The minimum atomic E-state index is 0. The Hall–Kier alpha value is -0.890. The number of halogens is 2. The monoisotopic (exact) mass is 519 g/mol. The molecule has 4 rings (SSSR count). The standard InChI is InChI=1S/C21H17.2ClH.Hf/c1-15-18-12-7-13-19(16-10-5-6-11-16)21(18)14-20(15)17-8-3-2-4-9-17;;;/h2-10,12-13,15H,11H2,1H3;2*1H;/q-1;;;/p-2. The molecule has 0 nitrogen and oxygen atoms in total. The van der Waals surface area contributed by atoms with E-state index in [0.717, 1.165) is 6.42 Å². The maximum atomic E-state index is 3.69. The number of allylic oxidation sites excluding steroid dienone is 5. The Balaban J connectivity index is 0.000000960. The van der Waals surface area contributed by atoms with Crippen molar-refractivity contribution >= 4 is 11.1 Å². The van der Waals surface area contributed by atoms with Crippen molar-refractivity contribution in [2.45, 2.75) is 19.3 Å². The fraction of sp³-hybridized carbons (Fsp3) is 0.143. The van der Waals surface area contributed by atoms with E-state index in [2.05, 4.69) is 79.8 Å². The third-order valence-corrected chi connectivity index (χ3v) is 4.46. The quantitative estimate of drug-likeness (QED) is 0.368. The van der Waals surface area contributed by atoms with E-state index in [1.54, 1.807) is 0 Å². The molecule has 0 radical (unpaired) electrons. The van der Waals surface area contributed by atoms with Crippen LogP contribution in [0, 0.1) is 6.08 Å². The Morgan fingerprint density at radius 1 is 0.958 bits per heavy atom. The van der Waals surface area contributed by atoms with E-state index in [0.29, 0.717) is 5.92 Å². The summed E-state index contributed by atoms with van der Waals surface area (Å²) in [6.45, 7) is 2.28. The zero-order valence-corrected chi connectivity index (χ0v) is 18.5. The molecule has 2 aliphatic rings. The van der Waals surface area contributed by atoms with Gasteiger partial charge in [-0.3, -0.25) is 0 Å². The summed E-state index contributed by atoms with van der Waals surface area (Å²) in [6, 6.07) is 17.3. The van der Waals surface area contributed by atoms with Gasteiger partial charge in [0.1, 0.15) is 0 Å². The molecule has 0 saturated heterocycles. The van der Waals surface area contributed by atoms with Gasteiger partial charge in [0.05, 0.1) is 0 Å². The average Bonchev–Trinajstić information content (AvgIpc) is 3.17. The Morgan fingerprint density at radius 3 is 2.38 bits per heavy atom. The van der Waals surface area contributed by atoms with Crippen LogP contribution in [0.2, 0.25) is 0 Å². The van der Waals surface area contributed by atoms with Gasteiger partial charge < -0.3 is 24.8 Å². The largest absolute Gasteiger partial charge is 1.00 e. The van der Waals surface area contributed by atoms with Crippen molar-refractivity contribution in [2.24, 2.45) is 0 Å². The third-order valence-electron chi connectivity index (χ3n) is 4.46. The van der Waals surface area contributed by atoms with E-state index in [1.165, 1.54) is 33.4 Å². The van der Waals surface area contributed by atoms with Crippen molar-refractivity contribution in [3.8, 4) is 0 Å². The van der Waals surface area contributed by atoms with Crippen LogP contribution in [0.25, 0.3) is 11.1 Å². The van der Waals surface area contributed by atoms with E-state index >= 15 is 0 Å². The molecular weight excluding hydrogens is 502 g/mol. The van der Waals surface area contributed by atoms with Crippen LogP contribution in [-0.4, -0.2) is 0 Å². The third kappa shape index (κ3) is 3.69. The molecule has 0 spiro atoms. The number of hydrogen-bond donors (Lipinski definition) is 0. The van der Waals surface area contributed by atoms with Gasteiger partial charge in [-0.05, 0) is 12.3 Å². The number of fused-ring (bicyclic) bond motifs is 1. The second kappa shape index (κ2) is 8.99. The van der Waals surface area contributed by atoms with Crippen molar-refractivity contribution in [3.63, 3.8) is 0 Å². The fourth-order valence-corrected chi connectivity index (χ4v) is 3.32. The van der Waals surface area contributed by atoms with Crippen LogP contribution in [0.3, 0.4) is 0 Å². The summed E-state index contributed by atoms with van der Waals surface area (Å²) in [7, 11) is 0. The maximum Gasteiger partial charge on any atom is 0 e. The topological polar surface area (TPSA) is 0 Å². The first kappa shape index (κ1) is 21.2. The van der Waals surface area contributed by atoms with Crippen LogP contribution in [0.4, 0.5) is 0 Å². The van der Waals surface area contributed by atoms with Crippen molar-refractivity contribution in [2.75, 3.05) is 0 Å². The molecule has 122 valence electrons. The number of hydrogen-bond acceptors (Lipinski definition) is 0. The van der Waals surface area contributed by atoms with Crippen molar-refractivity contribution < 1.29 is 50.7 Å². The summed E-state index contributed by atoms with van der Waals surface area (Å²) in [6.07, 6.45) is 11.3. The van der Waals surface area contributed by atoms with E-state index in [4.69, 9.17) is 0 Å². The van der Waals surface area contributed by atoms with Crippen molar-refractivity contribution in [3.05, 3.63) is 95.1 Å². The van der Waals surface area contributed by atoms with E-state index in [1.807, 2.05) is 0 Å². The van der Waals surface area contributed by atoms with Gasteiger partial charge in [-0.25, -0.2) is 0 Å². The first-order valence-electron chi connectivity index (χ1n) is 7.53. The molecule has 0 fully saturated rings. The molecule has 0 amide bonds. The summed E-state index contributed by atoms with van der Waals surface area (Å²) in [5.74, 6) is 0.414. The Bertz CT molecular complexity index is 789. The molecule has 0 saturated carbocycles. The van der Waals surface area contributed by atoms with Crippen LogP contribution in [0.15, 0.2) is 66.8 Å². The van der Waals surface area contributed by atoms with Crippen LogP contribution in [0.1, 0.15) is 41.5 Å². The van der Waals surface area contributed by atoms with Gasteiger partial charge in [0, 0.05) is 25.8 Å². The Morgan fingerprint density at radius 2 is 1.71 bits per heavy atom. The first-order chi connectivity index (χ1) is 10.3. The van der Waals surface area contributed by atoms with Crippen LogP contribution >= 0.6 is 0 Å². The molecule has 24 heavy (non-hydrogen) atoms. The van der Waals surface area contributed by atoms with E-state index < -0.39 is 0 Å². The molecular formula is C21H17Cl2Hf-3. The van der Waals surface area contributed by atoms with Gasteiger partial charge in [0.25, 0.3) is 0 Å². The van der Waals surface area contributed by atoms with Gasteiger partial charge in [0.2, 0.25) is 0 Å². The zero-order valence-electron chi connectivity index (χ0n) is 13.4. The molecule has 1 atom stereocenters. The molecule has 1 unspecified atom stereocenters. The van der Waals surface area contributed by atoms with Gasteiger partial charge >= 0.3 is 0 Å². The van der Waals surface area contributed by atoms with Gasteiger partial charge in [-0.1, -0.05) is 84.3 Å². The van der Waals surface area contributed by atoms with Crippen LogP contribution < -0.4 is 24.8 Å². The molecule has 3 heteroatoms. The van der Waals surface area contributed by atoms with Crippen molar-refractivity contribution in [1.29, 1.82) is 0 Å². The van der Waals surface area contributed by atoms with Crippen LogP contribution in [0.5, 0.6) is 0 Å². The minimum Gasteiger partial charge on any atom is -1.00 e. The van der Waals surface area contributed by atoms with E-state index in [9.17, 15) is 0 Å². The number of benzene rings is 2. The molecule has 2 aromatic carbocycles. The van der Waals surface area contributed by atoms with Crippen LogP contribution in [-0.2, 0) is 25.8 Å². The fourth-order valence-electron chi connectivity index (χ4n) is 3.32. The summed E-state index contributed by atoms with van der Waals surface area (Å²) in [5.41, 5.74) is 8.03. The van der Waals surface area contributed by atoms with Gasteiger partial charge in [-0.2, -0.15) is 0 Å². The summed E-state index contributed by atoms with van der Waals surface area (Å²) >= 11 is 0. The van der Waals surface area contributed by atoms with E-state index in [-0.39, 0.29) is 50.7 Å². The number of rotatable bonds is 2. The van der Waals surface area contributed by atoms with Crippen molar-refractivity contribution in [1.82, 2.24) is 0 Å². The average molecular weight is 519 g/mol. The zero-order chi connectivity index (χ0) is 14.2. The summed E-state index contributed by atoms with van der Waals surface area (Å²) in [4.78, 5) is 0. The van der Waals surface area contributed by atoms with Gasteiger partial charge in [-0.15, -0.1) is 28.8 Å². The molecule has 2 aliphatic carbocycles. The molecule has 0 aromatic heterocycles. The van der Waals surface area contributed by atoms with Gasteiger partial charge in [0.15, 0.2) is 0 Å². The first-order valence-corrected chi connectivity index (χ1v) is 7.53. The molecule has 0 aliphatic heterocycles. The predicted octanol–water partition coefficient (Wildman–Crippen LogP) is -0.613. The SMILES string of the molecule is CC1C(c2ccccc2)=[C-]c2c(C3=CC=CC3)cccc21.[Cl-].[Cl-].[Hf]. The Kier molecular flexibility index (Phi) is 7.92. The minimum absolute atomic E-state index is 0.